The number of nitrogens with zero attached hydrogens (tertiary/aromatic N) is 2. The molecule has 3 heterocycles. The quantitative estimate of drug-likeness (QED) is 0.0314. The van der Waals surface area contributed by atoms with Crippen LogP contribution in [0.1, 0.15) is 76.6 Å². The van der Waals surface area contributed by atoms with Gasteiger partial charge in [-0.25, -0.2) is 9.78 Å². The van der Waals surface area contributed by atoms with E-state index in [0.717, 1.165) is 30.8 Å². The first-order chi connectivity index (χ1) is 32.3. The second-order valence-electron chi connectivity index (χ2n) is 16.2. The fourth-order valence-electron chi connectivity index (χ4n) is 7.37. The molecule has 5 unspecified atom stereocenters. The number of carbonyl (C=O) groups is 8. The van der Waals surface area contributed by atoms with E-state index >= 15 is 0 Å². The average molecular weight is 927 g/mol. The van der Waals surface area contributed by atoms with Gasteiger partial charge in [0.05, 0.1) is 25.5 Å². The number of hydrogen-bond donors (Lipinski definition) is 10. The molecule has 1 saturated heterocycles. The van der Waals surface area contributed by atoms with Crippen molar-refractivity contribution in [2.45, 2.75) is 109 Å². The first kappa shape index (κ1) is 52.7. The van der Waals surface area contributed by atoms with Crippen LogP contribution < -0.4 is 43.0 Å². The monoisotopic (exact) mass is 927 g/mol. The largest absolute Gasteiger partial charge is 0.361 e. The smallest absolute Gasteiger partial charge is 0.325 e. The summed E-state index contributed by atoms with van der Waals surface area (Å²) in [4.78, 5) is 115. The SMILES string of the molecule is CCNCCCCC(NC(=O)CNC(=O)C(CCCN)NC(=O)C(Cc1ccccc1)NC(=O)C(Cc1cnc[nH]1)NC(=O)C(C)N1C(=O)CNC1=O)C(C)=O.CCc1c[nH]c2ccccc12. The first-order valence-corrected chi connectivity index (χ1v) is 22.8. The van der Waals surface area contributed by atoms with E-state index in [2.05, 4.69) is 89.6 Å². The third-order valence-electron chi connectivity index (χ3n) is 11.2. The van der Waals surface area contributed by atoms with Crippen LogP contribution in [0.15, 0.2) is 73.3 Å². The topological polar surface area (TPSA) is 294 Å². The predicted molar refractivity (Wildman–Crippen MR) is 252 cm³/mol. The number of Topliss-reactive ketones (excluding diaryl/α,β-unsaturated/α-hetero) is 1. The Kier molecular flexibility index (Phi) is 21.6. The number of ketones is 1. The van der Waals surface area contributed by atoms with Crippen LogP contribution in [0.25, 0.3) is 10.9 Å². The van der Waals surface area contributed by atoms with Gasteiger partial charge in [0.1, 0.15) is 24.2 Å². The number of rotatable bonds is 26. The number of fused-ring (bicyclic) bond motifs is 1. The molecule has 362 valence electrons. The molecule has 4 aromatic rings. The highest BCUT2D eigenvalue weighted by Gasteiger charge is 2.38. The fourth-order valence-corrected chi connectivity index (χ4v) is 7.37. The normalized spacial score (nSPS) is 14.4. The van der Waals surface area contributed by atoms with Gasteiger partial charge in [0.25, 0.3) is 5.91 Å². The van der Waals surface area contributed by atoms with Crippen LogP contribution in [0.4, 0.5) is 4.79 Å². The Morgan fingerprint density at radius 1 is 0.776 bits per heavy atom. The number of aromatic nitrogens is 3. The lowest BCUT2D eigenvalue weighted by molar-refractivity contribution is -0.136. The summed E-state index contributed by atoms with van der Waals surface area (Å²) < 4.78 is 0. The molecular formula is C47H66N12O8. The number of benzene rings is 2. The Morgan fingerprint density at radius 3 is 2.09 bits per heavy atom. The summed E-state index contributed by atoms with van der Waals surface area (Å²) in [5, 5.41) is 20.1. The average Bonchev–Trinajstić information content (AvgIpc) is 4.08. The van der Waals surface area contributed by atoms with E-state index in [-0.39, 0.29) is 38.1 Å². The first-order valence-electron chi connectivity index (χ1n) is 22.8. The van der Waals surface area contributed by atoms with E-state index < -0.39 is 78.2 Å². The zero-order valence-electron chi connectivity index (χ0n) is 38.7. The number of para-hydroxylation sites is 1. The lowest BCUT2D eigenvalue weighted by Crippen LogP contribution is -2.59. The second-order valence-corrected chi connectivity index (χ2v) is 16.2. The van der Waals surface area contributed by atoms with Gasteiger partial charge >= 0.3 is 6.03 Å². The Balaban J connectivity index is 0.000000768. The van der Waals surface area contributed by atoms with Crippen LogP contribution >= 0.6 is 0 Å². The molecule has 2 aromatic carbocycles. The van der Waals surface area contributed by atoms with Crippen LogP contribution in [0.5, 0.6) is 0 Å². The summed E-state index contributed by atoms with van der Waals surface area (Å²) in [5.41, 5.74) is 9.52. The minimum Gasteiger partial charge on any atom is -0.361 e. The zero-order valence-corrected chi connectivity index (χ0v) is 38.7. The number of aromatic amines is 2. The maximum atomic E-state index is 14.0. The van der Waals surface area contributed by atoms with Crippen molar-refractivity contribution >= 4 is 58.2 Å². The lowest BCUT2D eigenvalue weighted by Gasteiger charge is -2.27. The summed E-state index contributed by atoms with van der Waals surface area (Å²) >= 11 is 0. The van der Waals surface area contributed by atoms with Crippen molar-refractivity contribution in [1.29, 1.82) is 0 Å². The third-order valence-corrected chi connectivity index (χ3v) is 11.2. The van der Waals surface area contributed by atoms with Crippen molar-refractivity contribution in [3.8, 4) is 0 Å². The molecule has 1 aliphatic rings. The van der Waals surface area contributed by atoms with Crippen LogP contribution in [-0.4, -0.2) is 130 Å². The fraction of sp³-hybridized carbons (Fsp3) is 0.468. The van der Waals surface area contributed by atoms with Gasteiger partial charge < -0.3 is 52.9 Å². The number of nitrogens with one attached hydrogen (secondary N) is 9. The molecule has 5 rings (SSSR count). The number of imide groups is 1. The molecular weight excluding hydrogens is 861 g/mol. The van der Waals surface area contributed by atoms with Gasteiger partial charge in [-0.1, -0.05) is 62.4 Å². The highest BCUT2D eigenvalue weighted by atomic mass is 16.2. The molecule has 11 N–H and O–H groups in total. The Bertz CT molecular complexity index is 2230. The molecule has 2 aromatic heterocycles. The number of hydrogen-bond acceptors (Lipinski definition) is 11. The number of H-pyrrole nitrogens is 2. The van der Waals surface area contributed by atoms with Crippen molar-refractivity contribution in [1.82, 2.24) is 57.1 Å². The molecule has 1 aliphatic heterocycles. The predicted octanol–water partition coefficient (Wildman–Crippen LogP) is 1.03. The number of urea groups is 1. The van der Waals surface area contributed by atoms with Crippen molar-refractivity contribution in [2.24, 2.45) is 5.73 Å². The highest BCUT2D eigenvalue weighted by molar-refractivity contribution is 6.06. The summed E-state index contributed by atoms with van der Waals surface area (Å²) in [5.74, 6) is -4.34. The molecule has 0 saturated carbocycles. The molecule has 20 heteroatoms. The van der Waals surface area contributed by atoms with Crippen LogP contribution in [-0.2, 0) is 52.8 Å². The number of nitrogens with two attached hydrogens (primary N) is 1. The van der Waals surface area contributed by atoms with Gasteiger partial charge in [-0.15, -0.1) is 0 Å². The van der Waals surface area contributed by atoms with E-state index in [4.69, 9.17) is 5.73 Å². The molecule has 20 nitrogen and oxygen atoms in total. The summed E-state index contributed by atoms with van der Waals surface area (Å²) in [6, 6.07) is 10.8. The van der Waals surface area contributed by atoms with Gasteiger partial charge in [-0.2, -0.15) is 0 Å². The summed E-state index contributed by atoms with van der Waals surface area (Å²) in [6.45, 7) is 8.03. The molecule has 5 atom stereocenters. The maximum Gasteiger partial charge on any atom is 0.325 e. The van der Waals surface area contributed by atoms with Crippen molar-refractivity contribution < 1.29 is 38.4 Å². The summed E-state index contributed by atoms with van der Waals surface area (Å²) in [6.07, 6.45) is 8.39. The number of imidazole rings is 1. The van der Waals surface area contributed by atoms with E-state index in [1.54, 1.807) is 30.3 Å². The Hall–Kier alpha value is -6.93. The van der Waals surface area contributed by atoms with E-state index in [9.17, 15) is 38.4 Å². The van der Waals surface area contributed by atoms with E-state index in [1.165, 1.54) is 42.8 Å². The van der Waals surface area contributed by atoms with Gasteiger partial charge in [0.2, 0.25) is 29.5 Å². The second kappa shape index (κ2) is 27.5. The Labute approximate surface area is 390 Å². The molecule has 67 heavy (non-hydrogen) atoms. The minimum absolute atomic E-state index is 0.00341. The molecule has 8 amide bonds. The number of unbranched alkanes of at least 4 members (excludes halogenated alkanes) is 1. The number of aryl methyl sites for hydroxylation is 1. The maximum absolute atomic E-state index is 14.0. The van der Waals surface area contributed by atoms with Crippen LogP contribution in [0, 0.1) is 0 Å². The highest BCUT2D eigenvalue weighted by Crippen LogP contribution is 2.17. The molecule has 1 fully saturated rings. The van der Waals surface area contributed by atoms with Crippen molar-refractivity contribution in [3.05, 3.63) is 90.1 Å². The van der Waals surface area contributed by atoms with E-state index in [1.807, 2.05) is 6.92 Å². The number of amides is 8. The van der Waals surface area contributed by atoms with Gasteiger partial charge in [0, 0.05) is 41.8 Å². The van der Waals surface area contributed by atoms with Crippen molar-refractivity contribution in [2.75, 3.05) is 32.7 Å². The lowest BCUT2D eigenvalue weighted by atomic mass is 10.0. The molecule has 0 aliphatic carbocycles. The molecule has 0 bridgehead atoms. The van der Waals surface area contributed by atoms with Crippen molar-refractivity contribution in [3.63, 3.8) is 0 Å². The van der Waals surface area contributed by atoms with Gasteiger partial charge in [-0.05, 0) is 89.2 Å². The number of carbonyl (C=O) groups excluding carboxylic acids is 8. The molecule has 0 spiro atoms. The van der Waals surface area contributed by atoms with Gasteiger partial charge in [-0.3, -0.25) is 38.5 Å². The minimum atomic E-state index is -1.29. The standard InChI is InChI=1S/C37H55N11O8.C10H11N/c1-4-39-16-9-8-13-27(24(3)49)44-31(50)20-41-34(53)28(14-10-15-38)45-35(54)29(17-25-11-6-5-7-12-25)47-36(55)30(18-26-19-40-22-43-26)46-33(52)23(2)48-32(51)21-42-37(48)56;1-2-8-7-11-10-6-4-3-5-9(8)10/h5-7,11-12,19,22-23,27-30,39H,4,8-10,13-18,20-21,38H2,1-3H3,(H,40,43)(H,41,53)(H,42,56)(H,44,50)(H,45,54)(H,46,52)(H,47,55);3-7,11H,2H2,1H3. The molecule has 0 radical (unpaired) electrons. The van der Waals surface area contributed by atoms with E-state index in [0.29, 0.717) is 30.5 Å². The van der Waals surface area contributed by atoms with Gasteiger partial charge in [0.15, 0.2) is 5.78 Å². The van der Waals surface area contributed by atoms with Crippen LogP contribution in [0.3, 0.4) is 0 Å². The Morgan fingerprint density at radius 2 is 1.45 bits per heavy atom. The zero-order chi connectivity index (χ0) is 48.7. The van der Waals surface area contributed by atoms with Crippen LogP contribution in [0.2, 0.25) is 0 Å². The summed E-state index contributed by atoms with van der Waals surface area (Å²) in [7, 11) is 0. The third kappa shape index (κ3) is 16.8.